The fraction of sp³-hybridized carbons (Fsp3) is 0.800. The van der Waals surface area contributed by atoms with Crippen molar-refractivity contribution in [3.8, 4) is 0 Å². The van der Waals surface area contributed by atoms with Crippen molar-refractivity contribution in [2.75, 3.05) is 32.8 Å². The lowest BCUT2D eigenvalue weighted by molar-refractivity contribution is 0.0165. The fourth-order valence-corrected chi connectivity index (χ4v) is 2.25. The summed E-state index contributed by atoms with van der Waals surface area (Å²) in [6, 6.07) is 0.0991. The second-order valence-electron chi connectivity index (χ2n) is 4.18. The first-order valence-electron chi connectivity index (χ1n) is 5.63. The fourth-order valence-electron chi connectivity index (χ4n) is 2.10. The number of thiocarbonyl (C=S) groups is 1. The molecule has 0 aromatic rings. The van der Waals surface area contributed by atoms with Crippen LogP contribution < -0.4 is 5.73 Å². The number of likely N-dealkylation sites (tertiary alicyclic amines) is 1. The average molecular weight is 243 g/mol. The van der Waals surface area contributed by atoms with E-state index in [9.17, 15) is 4.79 Å². The number of hydrogen-bond donors (Lipinski definition) is 1. The standard InChI is InChI=1S/C10H17N3O2S/c11-9(16)8-7-13(5-6-15-8)10(14)12-3-1-2-4-12/h8H,1-7H2,(H2,11,16). The second-order valence-corrected chi connectivity index (χ2v) is 4.66. The zero-order chi connectivity index (χ0) is 11.5. The average Bonchev–Trinajstić information content (AvgIpc) is 2.81. The van der Waals surface area contributed by atoms with Crippen molar-refractivity contribution in [2.45, 2.75) is 18.9 Å². The Hall–Kier alpha value is -0.880. The van der Waals surface area contributed by atoms with Gasteiger partial charge in [0.2, 0.25) is 0 Å². The Morgan fingerprint density at radius 1 is 1.25 bits per heavy atom. The molecule has 2 heterocycles. The van der Waals surface area contributed by atoms with E-state index in [1.165, 1.54) is 0 Å². The van der Waals surface area contributed by atoms with Gasteiger partial charge >= 0.3 is 6.03 Å². The summed E-state index contributed by atoms with van der Waals surface area (Å²) in [5.41, 5.74) is 5.54. The smallest absolute Gasteiger partial charge is 0.320 e. The Balaban J connectivity index is 1.93. The highest BCUT2D eigenvalue weighted by Gasteiger charge is 2.29. The van der Waals surface area contributed by atoms with Gasteiger partial charge in [0.05, 0.1) is 13.2 Å². The van der Waals surface area contributed by atoms with Gasteiger partial charge in [-0.05, 0) is 12.8 Å². The second kappa shape index (κ2) is 4.97. The van der Waals surface area contributed by atoms with Crippen LogP contribution in [0, 0.1) is 0 Å². The van der Waals surface area contributed by atoms with Crippen LogP contribution in [0.5, 0.6) is 0 Å². The largest absolute Gasteiger partial charge is 0.391 e. The van der Waals surface area contributed by atoms with Crippen LogP contribution in [-0.2, 0) is 4.74 Å². The molecule has 6 heteroatoms. The summed E-state index contributed by atoms with van der Waals surface area (Å²) >= 11 is 4.89. The highest BCUT2D eigenvalue weighted by molar-refractivity contribution is 7.80. The summed E-state index contributed by atoms with van der Waals surface area (Å²) in [4.78, 5) is 16.1. The lowest BCUT2D eigenvalue weighted by Gasteiger charge is -2.34. The first kappa shape index (κ1) is 11.6. The van der Waals surface area contributed by atoms with E-state index in [4.69, 9.17) is 22.7 Å². The number of urea groups is 1. The molecular weight excluding hydrogens is 226 g/mol. The third-order valence-electron chi connectivity index (χ3n) is 3.03. The molecule has 0 bridgehead atoms. The Labute approximate surface area is 101 Å². The summed E-state index contributed by atoms with van der Waals surface area (Å²) in [6.07, 6.45) is 1.93. The van der Waals surface area contributed by atoms with Gasteiger partial charge in [0.25, 0.3) is 0 Å². The lowest BCUT2D eigenvalue weighted by Crippen LogP contribution is -2.53. The maximum atomic E-state index is 12.1. The van der Waals surface area contributed by atoms with E-state index in [1.54, 1.807) is 4.90 Å². The topological polar surface area (TPSA) is 58.8 Å². The van der Waals surface area contributed by atoms with E-state index in [2.05, 4.69) is 0 Å². The normalized spacial score (nSPS) is 25.9. The van der Waals surface area contributed by atoms with Crippen LogP contribution in [0.25, 0.3) is 0 Å². The van der Waals surface area contributed by atoms with E-state index < -0.39 is 0 Å². The SMILES string of the molecule is NC(=S)C1CN(C(=O)N2CCCC2)CCO1. The van der Waals surface area contributed by atoms with Gasteiger partial charge in [0.15, 0.2) is 0 Å². The summed E-state index contributed by atoms with van der Waals surface area (Å²) in [5, 5.41) is 0. The van der Waals surface area contributed by atoms with Crippen molar-refractivity contribution in [1.82, 2.24) is 9.80 Å². The zero-order valence-electron chi connectivity index (χ0n) is 9.22. The van der Waals surface area contributed by atoms with Crippen molar-refractivity contribution in [3.05, 3.63) is 0 Å². The van der Waals surface area contributed by atoms with Crippen molar-refractivity contribution in [1.29, 1.82) is 0 Å². The highest BCUT2D eigenvalue weighted by Crippen LogP contribution is 2.13. The van der Waals surface area contributed by atoms with Crippen LogP contribution in [0.15, 0.2) is 0 Å². The Morgan fingerprint density at radius 3 is 2.56 bits per heavy atom. The van der Waals surface area contributed by atoms with Crippen LogP contribution in [0.4, 0.5) is 4.79 Å². The van der Waals surface area contributed by atoms with Crippen molar-refractivity contribution in [2.24, 2.45) is 5.73 Å². The highest BCUT2D eigenvalue weighted by atomic mass is 32.1. The van der Waals surface area contributed by atoms with Gasteiger partial charge in [-0.25, -0.2) is 4.79 Å². The minimum Gasteiger partial charge on any atom is -0.391 e. The van der Waals surface area contributed by atoms with Gasteiger partial charge in [-0.2, -0.15) is 0 Å². The molecule has 16 heavy (non-hydrogen) atoms. The molecule has 90 valence electrons. The lowest BCUT2D eigenvalue weighted by atomic mass is 10.3. The van der Waals surface area contributed by atoms with Crippen molar-refractivity contribution >= 4 is 23.2 Å². The maximum absolute atomic E-state index is 12.1. The molecule has 0 aliphatic carbocycles. The number of nitrogens with two attached hydrogens (primary N) is 1. The molecular formula is C10H17N3O2S. The van der Waals surface area contributed by atoms with Gasteiger partial charge in [0, 0.05) is 19.6 Å². The molecule has 2 rings (SSSR count). The monoisotopic (exact) mass is 243 g/mol. The molecule has 0 spiro atoms. The molecule has 1 unspecified atom stereocenters. The van der Waals surface area contributed by atoms with Gasteiger partial charge in [-0.3, -0.25) is 0 Å². The van der Waals surface area contributed by atoms with Crippen LogP contribution in [0.1, 0.15) is 12.8 Å². The van der Waals surface area contributed by atoms with Gasteiger partial charge in [0.1, 0.15) is 11.1 Å². The Morgan fingerprint density at radius 2 is 1.94 bits per heavy atom. The molecule has 0 saturated carbocycles. The molecule has 2 aliphatic heterocycles. The molecule has 0 radical (unpaired) electrons. The molecule has 0 aromatic carbocycles. The van der Waals surface area contributed by atoms with E-state index in [-0.39, 0.29) is 12.1 Å². The van der Waals surface area contributed by atoms with E-state index in [1.807, 2.05) is 4.90 Å². The first-order chi connectivity index (χ1) is 7.68. The number of carbonyl (C=O) groups is 1. The number of morpholine rings is 1. The van der Waals surface area contributed by atoms with Crippen LogP contribution in [-0.4, -0.2) is 59.7 Å². The number of rotatable bonds is 1. The van der Waals surface area contributed by atoms with Crippen LogP contribution >= 0.6 is 12.2 Å². The molecule has 5 nitrogen and oxygen atoms in total. The molecule has 1 atom stereocenters. The number of nitrogens with zero attached hydrogens (tertiary/aromatic N) is 2. The summed E-state index contributed by atoms with van der Waals surface area (Å²) in [7, 11) is 0. The summed E-state index contributed by atoms with van der Waals surface area (Å²) in [5.74, 6) is 0. The minimum absolute atomic E-state index is 0.0991. The van der Waals surface area contributed by atoms with Crippen LogP contribution in [0.3, 0.4) is 0 Å². The third kappa shape index (κ3) is 2.44. The number of amides is 2. The first-order valence-corrected chi connectivity index (χ1v) is 6.04. The minimum atomic E-state index is -0.282. The Bertz CT molecular complexity index is 292. The molecule has 2 amide bonds. The number of carbonyl (C=O) groups excluding carboxylic acids is 1. The predicted octanol–water partition coefficient (Wildman–Crippen LogP) is 0.189. The predicted molar refractivity (Wildman–Crippen MR) is 64.3 cm³/mol. The van der Waals surface area contributed by atoms with Crippen molar-refractivity contribution in [3.63, 3.8) is 0 Å². The van der Waals surface area contributed by atoms with E-state index in [0.717, 1.165) is 25.9 Å². The molecule has 2 saturated heterocycles. The van der Waals surface area contributed by atoms with E-state index >= 15 is 0 Å². The maximum Gasteiger partial charge on any atom is 0.320 e. The summed E-state index contributed by atoms with van der Waals surface area (Å²) in [6.45, 7) is 3.38. The molecule has 2 N–H and O–H groups in total. The van der Waals surface area contributed by atoms with Gasteiger partial charge in [-0.15, -0.1) is 0 Å². The molecule has 2 aliphatic rings. The van der Waals surface area contributed by atoms with E-state index in [0.29, 0.717) is 24.7 Å². The van der Waals surface area contributed by atoms with Crippen molar-refractivity contribution < 1.29 is 9.53 Å². The van der Waals surface area contributed by atoms with Crippen LogP contribution in [0.2, 0.25) is 0 Å². The number of hydrogen-bond acceptors (Lipinski definition) is 3. The third-order valence-corrected chi connectivity index (χ3v) is 3.29. The van der Waals surface area contributed by atoms with Gasteiger partial charge < -0.3 is 20.3 Å². The molecule has 0 aromatic heterocycles. The zero-order valence-corrected chi connectivity index (χ0v) is 10.0. The number of ether oxygens (including phenoxy) is 1. The summed E-state index contributed by atoms with van der Waals surface area (Å²) < 4.78 is 5.40. The molecule has 2 fully saturated rings. The Kier molecular flexibility index (Phi) is 3.60. The quantitative estimate of drug-likeness (QED) is 0.668. The van der Waals surface area contributed by atoms with Gasteiger partial charge in [-0.1, -0.05) is 12.2 Å².